The van der Waals surface area contributed by atoms with Crippen LogP contribution in [0, 0.1) is 0 Å². The molecule has 1 aromatic heterocycles. The Morgan fingerprint density at radius 1 is 1.23 bits per heavy atom. The van der Waals surface area contributed by atoms with Crippen LogP contribution in [0.1, 0.15) is 0 Å². The second-order valence-corrected chi connectivity index (χ2v) is 3.50. The quantitative estimate of drug-likeness (QED) is 0.730. The number of anilines is 1. The summed E-state index contributed by atoms with van der Waals surface area (Å²) in [5.74, 6) is 0. The molecule has 1 aromatic carbocycles. The highest BCUT2D eigenvalue weighted by atomic mass is 35.5. The van der Waals surface area contributed by atoms with Gasteiger partial charge in [0.2, 0.25) is 0 Å². The minimum atomic E-state index is 0.469. The summed E-state index contributed by atoms with van der Waals surface area (Å²) in [7, 11) is 0. The molecule has 13 heavy (non-hydrogen) atoms. The highest BCUT2D eigenvalue weighted by Crippen LogP contribution is 2.28. The molecule has 2 rings (SSSR count). The fourth-order valence-corrected chi connectivity index (χ4v) is 1.52. The monoisotopic (exact) mass is 212 g/mol. The van der Waals surface area contributed by atoms with Crippen molar-refractivity contribution < 1.29 is 0 Å². The van der Waals surface area contributed by atoms with Gasteiger partial charge in [-0.05, 0) is 18.2 Å². The first kappa shape index (κ1) is 8.60. The topological polar surface area (TPSA) is 38.9 Å². The molecule has 4 heteroatoms. The van der Waals surface area contributed by atoms with E-state index in [1.807, 2.05) is 6.07 Å². The van der Waals surface area contributed by atoms with Crippen molar-refractivity contribution in [1.29, 1.82) is 0 Å². The van der Waals surface area contributed by atoms with E-state index in [-0.39, 0.29) is 0 Å². The van der Waals surface area contributed by atoms with Gasteiger partial charge in [-0.3, -0.25) is 4.98 Å². The molecule has 66 valence electrons. The lowest BCUT2D eigenvalue weighted by Gasteiger charge is -2.02. The van der Waals surface area contributed by atoms with E-state index in [1.165, 1.54) is 0 Å². The summed E-state index contributed by atoms with van der Waals surface area (Å²) < 4.78 is 0. The van der Waals surface area contributed by atoms with E-state index >= 15 is 0 Å². The lowest BCUT2D eigenvalue weighted by atomic mass is 10.2. The average Bonchev–Trinajstić information content (AvgIpc) is 2.12. The van der Waals surface area contributed by atoms with Gasteiger partial charge >= 0.3 is 0 Å². The molecule has 2 N–H and O–H groups in total. The van der Waals surface area contributed by atoms with Gasteiger partial charge in [0.25, 0.3) is 0 Å². The SMILES string of the molecule is Nc1cnc2ccc(Cl)cc2c1Cl. The minimum absolute atomic E-state index is 0.469. The van der Waals surface area contributed by atoms with Crippen LogP contribution in [0.4, 0.5) is 5.69 Å². The lowest BCUT2D eigenvalue weighted by molar-refractivity contribution is 1.41. The smallest absolute Gasteiger partial charge is 0.0745 e. The number of benzene rings is 1. The van der Waals surface area contributed by atoms with Crippen molar-refractivity contribution in [2.75, 3.05) is 5.73 Å². The van der Waals surface area contributed by atoms with Crippen molar-refractivity contribution in [2.45, 2.75) is 0 Å². The molecule has 2 aromatic rings. The Hall–Kier alpha value is -0.990. The lowest BCUT2D eigenvalue weighted by Crippen LogP contribution is -1.89. The first-order chi connectivity index (χ1) is 6.18. The van der Waals surface area contributed by atoms with Crippen LogP contribution in [0.15, 0.2) is 24.4 Å². The van der Waals surface area contributed by atoms with Crippen LogP contribution in [0.5, 0.6) is 0 Å². The molecule has 0 unspecified atom stereocenters. The van der Waals surface area contributed by atoms with Crippen molar-refractivity contribution in [2.24, 2.45) is 0 Å². The molecule has 0 bridgehead atoms. The first-order valence-corrected chi connectivity index (χ1v) is 4.43. The van der Waals surface area contributed by atoms with Crippen LogP contribution >= 0.6 is 23.2 Å². The second kappa shape index (κ2) is 3.05. The molecule has 0 spiro atoms. The fraction of sp³-hybridized carbons (Fsp3) is 0. The maximum Gasteiger partial charge on any atom is 0.0745 e. The van der Waals surface area contributed by atoms with Gasteiger partial charge in [-0.1, -0.05) is 23.2 Å². The van der Waals surface area contributed by atoms with Crippen molar-refractivity contribution in [3.05, 3.63) is 34.4 Å². The van der Waals surface area contributed by atoms with Crippen LogP contribution in [-0.2, 0) is 0 Å². The Labute approximate surface area is 85.3 Å². The standard InChI is InChI=1S/C9H6Cl2N2/c10-5-1-2-8-6(3-5)9(11)7(12)4-13-8/h1-4H,12H2. The zero-order chi connectivity index (χ0) is 9.42. The van der Waals surface area contributed by atoms with E-state index in [1.54, 1.807) is 18.3 Å². The molecule has 0 amide bonds. The molecule has 0 aliphatic heterocycles. The van der Waals surface area contributed by atoms with E-state index < -0.39 is 0 Å². The number of rotatable bonds is 0. The van der Waals surface area contributed by atoms with Crippen molar-refractivity contribution in [3.63, 3.8) is 0 Å². The molecule has 2 nitrogen and oxygen atoms in total. The van der Waals surface area contributed by atoms with E-state index in [9.17, 15) is 0 Å². The van der Waals surface area contributed by atoms with Crippen LogP contribution in [0.25, 0.3) is 10.9 Å². The summed E-state index contributed by atoms with van der Waals surface area (Å²) in [5.41, 5.74) is 6.86. The highest BCUT2D eigenvalue weighted by Gasteiger charge is 2.03. The van der Waals surface area contributed by atoms with E-state index in [0.29, 0.717) is 15.7 Å². The highest BCUT2D eigenvalue weighted by molar-refractivity contribution is 6.38. The maximum atomic E-state index is 5.97. The van der Waals surface area contributed by atoms with Gasteiger partial charge in [0.1, 0.15) is 0 Å². The Kier molecular flexibility index (Phi) is 2.02. The van der Waals surface area contributed by atoms with Gasteiger partial charge in [-0.15, -0.1) is 0 Å². The molecule has 0 atom stereocenters. The van der Waals surface area contributed by atoms with Crippen LogP contribution in [-0.4, -0.2) is 4.98 Å². The minimum Gasteiger partial charge on any atom is -0.396 e. The number of aromatic nitrogens is 1. The number of nitrogens with two attached hydrogens (primary N) is 1. The van der Waals surface area contributed by atoms with Crippen LogP contribution < -0.4 is 5.73 Å². The van der Waals surface area contributed by atoms with E-state index in [0.717, 1.165) is 10.9 Å². The summed E-state index contributed by atoms with van der Waals surface area (Å²) in [6.07, 6.45) is 1.54. The number of nitrogen functional groups attached to an aromatic ring is 1. The Bertz CT molecular complexity index is 463. The van der Waals surface area contributed by atoms with Crippen LogP contribution in [0.3, 0.4) is 0 Å². The summed E-state index contributed by atoms with van der Waals surface area (Å²) in [6.45, 7) is 0. The summed E-state index contributed by atoms with van der Waals surface area (Å²) in [4.78, 5) is 4.11. The number of nitrogens with zero attached hydrogens (tertiary/aromatic N) is 1. The molecule has 0 fully saturated rings. The third-order valence-corrected chi connectivity index (χ3v) is 2.45. The number of pyridine rings is 1. The van der Waals surface area contributed by atoms with Crippen LogP contribution in [0.2, 0.25) is 10.0 Å². The van der Waals surface area contributed by atoms with Crippen molar-refractivity contribution in [1.82, 2.24) is 4.98 Å². The predicted octanol–water partition coefficient (Wildman–Crippen LogP) is 3.12. The molecule has 0 aliphatic rings. The molecule has 0 saturated carbocycles. The second-order valence-electron chi connectivity index (χ2n) is 2.69. The first-order valence-electron chi connectivity index (χ1n) is 3.68. The molecule has 0 aliphatic carbocycles. The number of hydrogen-bond donors (Lipinski definition) is 1. The average molecular weight is 213 g/mol. The third-order valence-electron chi connectivity index (χ3n) is 1.79. The zero-order valence-electron chi connectivity index (χ0n) is 6.59. The van der Waals surface area contributed by atoms with Crippen molar-refractivity contribution >= 4 is 39.8 Å². The van der Waals surface area contributed by atoms with Gasteiger partial charge in [0, 0.05) is 10.4 Å². The molecular formula is C9H6Cl2N2. The summed E-state index contributed by atoms with van der Waals surface area (Å²) in [6, 6.07) is 5.33. The molecule has 0 saturated heterocycles. The zero-order valence-corrected chi connectivity index (χ0v) is 8.10. The summed E-state index contributed by atoms with van der Waals surface area (Å²) >= 11 is 11.8. The van der Waals surface area contributed by atoms with Crippen molar-refractivity contribution in [3.8, 4) is 0 Å². The Morgan fingerprint density at radius 2 is 2.00 bits per heavy atom. The Balaban J connectivity index is 2.89. The van der Waals surface area contributed by atoms with Gasteiger partial charge in [-0.2, -0.15) is 0 Å². The van der Waals surface area contributed by atoms with Gasteiger partial charge in [0.05, 0.1) is 22.4 Å². The van der Waals surface area contributed by atoms with Gasteiger partial charge in [0.15, 0.2) is 0 Å². The fourth-order valence-electron chi connectivity index (χ4n) is 1.15. The third kappa shape index (κ3) is 1.43. The van der Waals surface area contributed by atoms with Gasteiger partial charge < -0.3 is 5.73 Å². The normalized spacial score (nSPS) is 10.6. The predicted molar refractivity (Wildman–Crippen MR) is 56.2 cm³/mol. The largest absolute Gasteiger partial charge is 0.396 e. The Morgan fingerprint density at radius 3 is 2.77 bits per heavy atom. The van der Waals surface area contributed by atoms with Gasteiger partial charge in [-0.25, -0.2) is 0 Å². The number of halogens is 2. The van der Waals surface area contributed by atoms with E-state index in [4.69, 9.17) is 28.9 Å². The maximum absolute atomic E-state index is 5.97. The molecular weight excluding hydrogens is 207 g/mol. The van der Waals surface area contributed by atoms with E-state index in [2.05, 4.69) is 4.98 Å². The molecule has 0 radical (unpaired) electrons. The summed E-state index contributed by atoms with van der Waals surface area (Å²) in [5, 5.41) is 1.92. The number of hydrogen-bond acceptors (Lipinski definition) is 2. The molecule has 1 heterocycles. The number of fused-ring (bicyclic) bond motifs is 1.